The van der Waals surface area contributed by atoms with E-state index in [1.165, 1.54) is 0 Å². The van der Waals surface area contributed by atoms with E-state index in [0.29, 0.717) is 17.5 Å². The molecule has 28 heavy (non-hydrogen) atoms. The lowest BCUT2D eigenvalue weighted by Gasteiger charge is -2.29. The van der Waals surface area contributed by atoms with Crippen LogP contribution in [0.15, 0.2) is 28.2 Å². The van der Waals surface area contributed by atoms with Crippen molar-refractivity contribution in [3.63, 3.8) is 0 Å². The average Bonchev–Trinajstić information content (AvgIpc) is 3.26. The Morgan fingerprint density at radius 2 is 2.11 bits per heavy atom. The molecule has 0 atom stereocenters. The minimum atomic E-state index is -0.251. The molecular formula is C20H20N2O4S2. The van der Waals surface area contributed by atoms with Crippen LogP contribution in [0.2, 0.25) is 0 Å². The van der Waals surface area contributed by atoms with Crippen molar-refractivity contribution >= 4 is 33.3 Å². The van der Waals surface area contributed by atoms with Crippen molar-refractivity contribution in [2.24, 2.45) is 7.05 Å². The molecular weight excluding hydrogens is 396 g/mol. The molecule has 1 aromatic carbocycles. The molecule has 0 N–H and O–H groups in total. The fourth-order valence-electron chi connectivity index (χ4n) is 3.56. The van der Waals surface area contributed by atoms with E-state index in [4.69, 9.17) is 19.2 Å². The molecule has 5 rings (SSSR count). The van der Waals surface area contributed by atoms with E-state index < -0.39 is 0 Å². The Hall–Kier alpha value is -2.03. The largest absolute Gasteiger partial charge is 0.454 e. The number of hydrogen-bond acceptors (Lipinski definition) is 7. The molecule has 2 aromatic heterocycles. The molecule has 0 spiro atoms. The SMILES string of the molecule is Cn1c(SCc2ccc3c(c2)OCO3)nc2sc3c(c2c1=O)CC(C)(C)OC3. The Bertz CT molecular complexity index is 1150. The van der Waals surface area contributed by atoms with Crippen molar-refractivity contribution in [1.29, 1.82) is 0 Å². The summed E-state index contributed by atoms with van der Waals surface area (Å²) in [6.07, 6.45) is 0.739. The normalized spacial score (nSPS) is 17.1. The van der Waals surface area contributed by atoms with E-state index in [2.05, 4.69) is 13.8 Å². The summed E-state index contributed by atoms with van der Waals surface area (Å²) in [6.45, 7) is 4.94. The summed E-state index contributed by atoms with van der Waals surface area (Å²) < 4.78 is 18.4. The number of aromatic nitrogens is 2. The molecule has 3 aromatic rings. The van der Waals surface area contributed by atoms with Crippen molar-refractivity contribution in [3.8, 4) is 11.5 Å². The Kier molecular flexibility index (Phi) is 4.19. The molecule has 8 heteroatoms. The molecule has 0 unspecified atom stereocenters. The Balaban J connectivity index is 1.47. The van der Waals surface area contributed by atoms with Crippen LogP contribution in [0.25, 0.3) is 10.2 Å². The second-order valence-electron chi connectivity index (χ2n) is 7.64. The van der Waals surface area contributed by atoms with Gasteiger partial charge in [-0.1, -0.05) is 17.8 Å². The zero-order valence-corrected chi connectivity index (χ0v) is 17.5. The van der Waals surface area contributed by atoms with Crippen LogP contribution < -0.4 is 15.0 Å². The molecule has 0 aliphatic carbocycles. The number of ether oxygens (including phenoxy) is 3. The summed E-state index contributed by atoms with van der Waals surface area (Å²) in [5.74, 6) is 2.24. The first kappa shape index (κ1) is 18.0. The standard InChI is InChI=1S/C20H20N2O4S2/c1-20(2)7-12-15(8-26-20)28-17-16(12)18(23)22(3)19(21-17)27-9-11-4-5-13-14(6-11)25-10-24-13/h4-6H,7-10H2,1-3H3. The van der Waals surface area contributed by atoms with Gasteiger partial charge in [-0.25, -0.2) is 4.98 Å². The van der Waals surface area contributed by atoms with Crippen LogP contribution in [0.1, 0.15) is 29.9 Å². The second kappa shape index (κ2) is 6.50. The second-order valence-corrected chi connectivity index (χ2v) is 9.67. The molecule has 2 aliphatic heterocycles. The van der Waals surface area contributed by atoms with Gasteiger partial charge in [0.2, 0.25) is 6.79 Å². The zero-order valence-electron chi connectivity index (χ0n) is 15.9. The maximum atomic E-state index is 13.1. The summed E-state index contributed by atoms with van der Waals surface area (Å²) in [5, 5.41) is 1.47. The molecule has 0 bridgehead atoms. The lowest BCUT2D eigenvalue weighted by molar-refractivity contribution is -0.0379. The third kappa shape index (κ3) is 3.00. The van der Waals surface area contributed by atoms with Crippen LogP contribution in [0, 0.1) is 0 Å². The van der Waals surface area contributed by atoms with Crippen LogP contribution in [0.3, 0.4) is 0 Å². The summed E-state index contributed by atoms with van der Waals surface area (Å²) >= 11 is 3.13. The molecule has 0 saturated carbocycles. The predicted octanol–water partition coefficient (Wildman–Crippen LogP) is 3.87. The zero-order chi connectivity index (χ0) is 19.5. The van der Waals surface area contributed by atoms with Crippen LogP contribution in [-0.2, 0) is 30.6 Å². The van der Waals surface area contributed by atoms with E-state index in [-0.39, 0.29) is 18.0 Å². The number of rotatable bonds is 3. The van der Waals surface area contributed by atoms with Crippen molar-refractivity contribution in [2.45, 2.75) is 43.4 Å². The fourth-order valence-corrected chi connectivity index (χ4v) is 5.62. The molecule has 4 heterocycles. The van der Waals surface area contributed by atoms with Gasteiger partial charge in [0.05, 0.1) is 17.6 Å². The minimum absolute atomic E-state index is 0.0217. The molecule has 146 valence electrons. The van der Waals surface area contributed by atoms with Crippen LogP contribution >= 0.6 is 23.1 Å². The number of benzene rings is 1. The van der Waals surface area contributed by atoms with Gasteiger partial charge in [-0.2, -0.15) is 0 Å². The molecule has 2 aliphatic rings. The molecule has 0 radical (unpaired) electrons. The third-order valence-corrected chi connectivity index (χ3v) is 7.28. The average molecular weight is 417 g/mol. The van der Waals surface area contributed by atoms with Gasteiger partial charge in [-0.15, -0.1) is 11.3 Å². The highest BCUT2D eigenvalue weighted by atomic mass is 32.2. The summed E-state index contributed by atoms with van der Waals surface area (Å²) in [6, 6.07) is 5.92. The third-order valence-electron chi connectivity index (χ3n) is 5.08. The van der Waals surface area contributed by atoms with Gasteiger partial charge in [0, 0.05) is 24.1 Å². The summed E-state index contributed by atoms with van der Waals surface area (Å²) in [7, 11) is 1.80. The van der Waals surface area contributed by atoms with E-state index in [1.54, 1.807) is 34.7 Å². The maximum Gasteiger partial charge on any atom is 0.262 e. The number of fused-ring (bicyclic) bond motifs is 4. The summed E-state index contributed by atoms with van der Waals surface area (Å²) in [5.41, 5.74) is 1.98. The maximum absolute atomic E-state index is 13.1. The molecule has 0 fully saturated rings. The van der Waals surface area contributed by atoms with Gasteiger partial charge >= 0.3 is 0 Å². The van der Waals surface area contributed by atoms with Crippen molar-refractivity contribution in [1.82, 2.24) is 9.55 Å². The Labute approximate surface area is 170 Å². The van der Waals surface area contributed by atoms with Gasteiger partial charge in [-0.05, 0) is 37.1 Å². The van der Waals surface area contributed by atoms with Gasteiger partial charge in [-0.3, -0.25) is 9.36 Å². The van der Waals surface area contributed by atoms with E-state index in [9.17, 15) is 4.79 Å². The first-order chi connectivity index (χ1) is 13.4. The minimum Gasteiger partial charge on any atom is -0.454 e. The van der Waals surface area contributed by atoms with Gasteiger partial charge in [0.1, 0.15) is 4.83 Å². The highest BCUT2D eigenvalue weighted by molar-refractivity contribution is 7.98. The predicted molar refractivity (Wildman–Crippen MR) is 110 cm³/mol. The van der Waals surface area contributed by atoms with Gasteiger partial charge in [0.25, 0.3) is 5.56 Å². The quantitative estimate of drug-likeness (QED) is 0.477. The monoisotopic (exact) mass is 416 g/mol. The van der Waals surface area contributed by atoms with Crippen LogP contribution in [0.5, 0.6) is 11.5 Å². The number of thiophene rings is 1. The molecule has 0 saturated heterocycles. The van der Waals surface area contributed by atoms with Crippen molar-refractivity contribution in [2.75, 3.05) is 6.79 Å². The van der Waals surface area contributed by atoms with E-state index in [1.807, 2.05) is 18.2 Å². The Morgan fingerprint density at radius 1 is 1.29 bits per heavy atom. The highest BCUT2D eigenvalue weighted by Gasteiger charge is 2.31. The van der Waals surface area contributed by atoms with Crippen molar-refractivity contribution < 1.29 is 14.2 Å². The van der Waals surface area contributed by atoms with Crippen molar-refractivity contribution in [3.05, 3.63) is 44.6 Å². The van der Waals surface area contributed by atoms with Crippen LogP contribution in [0.4, 0.5) is 0 Å². The number of hydrogen-bond donors (Lipinski definition) is 0. The number of nitrogens with zero attached hydrogens (tertiary/aromatic N) is 2. The lowest BCUT2D eigenvalue weighted by atomic mass is 9.94. The van der Waals surface area contributed by atoms with Crippen LogP contribution in [-0.4, -0.2) is 21.9 Å². The Morgan fingerprint density at radius 3 is 2.96 bits per heavy atom. The van der Waals surface area contributed by atoms with Gasteiger partial charge < -0.3 is 14.2 Å². The first-order valence-corrected chi connectivity index (χ1v) is 10.9. The van der Waals surface area contributed by atoms with Gasteiger partial charge in [0.15, 0.2) is 16.7 Å². The smallest absolute Gasteiger partial charge is 0.262 e. The molecule has 6 nitrogen and oxygen atoms in total. The van der Waals surface area contributed by atoms with E-state index >= 15 is 0 Å². The molecule has 0 amide bonds. The fraction of sp³-hybridized carbons (Fsp3) is 0.400. The lowest BCUT2D eigenvalue weighted by Crippen LogP contribution is -2.32. The first-order valence-electron chi connectivity index (χ1n) is 9.08. The topological polar surface area (TPSA) is 62.6 Å². The number of thioether (sulfide) groups is 1. The van der Waals surface area contributed by atoms with E-state index in [0.717, 1.165) is 44.1 Å². The summed E-state index contributed by atoms with van der Waals surface area (Å²) in [4.78, 5) is 19.8. The highest BCUT2D eigenvalue weighted by Crippen LogP contribution is 2.38.